The number of halogens is 4. The van der Waals surface area contributed by atoms with Crippen LogP contribution in [0.4, 0.5) is 23.2 Å². The Balaban J connectivity index is 1.54. The number of fused-ring (bicyclic) bond motifs is 1. The molecule has 4 heterocycles. The van der Waals surface area contributed by atoms with E-state index in [1.54, 1.807) is 4.90 Å². The predicted molar refractivity (Wildman–Crippen MR) is 104 cm³/mol. The van der Waals surface area contributed by atoms with E-state index in [1.165, 1.54) is 0 Å². The molecule has 1 spiro atoms. The van der Waals surface area contributed by atoms with Crippen molar-refractivity contribution in [2.75, 3.05) is 37.7 Å². The largest absolute Gasteiger partial charge is 0.491 e. The average Bonchev–Trinajstić information content (AvgIpc) is 3.04. The van der Waals surface area contributed by atoms with Crippen LogP contribution in [0.2, 0.25) is 0 Å². The third-order valence-corrected chi connectivity index (χ3v) is 6.67. The molecule has 3 saturated heterocycles. The Hall–Kier alpha value is -2.81. The quantitative estimate of drug-likeness (QED) is 0.281. The van der Waals surface area contributed by atoms with Crippen molar-refractivity contribution in [3.63, 3.8) is 0 Å². The van der Waals surface area contributed by atoms with Gasteiger partial charge in [-0.25, -0.2) is 14.1 Å². The van der Waals surface area contributed by atoms with Gasteiger partial charge in [-0.1, -0.05) is 5.64 Å². The first kappa shape index (κ1) is 23.0. The highest BCUT2D eigenvalue weighted by Gasteiger charge is 2.49. The van der Waals surface area contributed by atoms with Crippen LogP contribution in [0.25, 0.3) is 0 Å². The second kappa shape index (κ2) is 8.15. The van der Waals surface area contributed by atoms with Crippen LogP contribution in [0.5, 0.6) is 5.75 Å². The molecule has 3 fully saturated rings. The Morgan fingerprint density at radius 3 is 2.44 bits per heavy atom. The minimum absolute atomic E-state index is 0.0632. The topological polar surface area (TPSA) is 109 Å². The van der Waals surface area contributed by atoms with Crippen molar-refractivity contribution in [2.45, 2.75) is 31.7 Å². The lowest BCUT2D eigenvalue weighted by atomic mass is 9.73. The number of esters is 1. The first-order valence-corrected chi connectivity index (χ1v) is 10.6. The highest BCUT2D eigenvalue weighted by molar-refractivity contribution is 6.23. The van der Waals surface area contributed by atoms with Gasteiger partial charge in [-0.15, -0.1) is 0 Å². The van der Waals surface area contributed by atoms with Gasteiger partial charge in [0, 0.05) is 32.6 Å². The highest BCUT2D eigenvalue weighted by atomic mass is 19.4. The molecule has 10 nitrogen and oxygen atoms in total. The number of carbonyl (C=O) groups is 3. The monoisotopic (exact) mass is 488 g/mol. The van der Waals surface area contributed by atoms with E-state index in [4.69, 9.17) is 9.68 Å². The van der Waals surface area contributed by atoms with Crippen LogP contribution in [-0.2, 0) is 14.5 Å². The Bertz CT molecular complexity index is 1040. The number of piperidine rings is 1. The molecule has 1 aromatic rings. The Morgan fingerprint density at radius 1 is 1.18 bits per heavy atom. The number of hydrogen-bond acceptors (Lipinski definition) is 9. The summed E-state index contributed by atoms with van der Waals surface area (Å²) < 4.78 is 58.7. The molecule has 1 aromatic carbocycles. The second-order valence-electron chi connectivity index (χ2n) is 8.71. The van der Waals surface area contributed by atoms with E-state index in [1.807, 2.05) is 0 Å². The lowest BCUT2D eigenvalue weighted by Crippen LogP contribution is -2.58. The van der Waals surface area contributed by atoms with E-state index in [9.17, 15) is 27.6 Å². The number of nitrogens with zero attached hydrogens (tertiary/aromatic N) is 2. The van der Waals surface area contributed by atoms with Gasteiger partial charge in [0.05, 0.1) is 23.4 Å². The standard InChI is InChI=1S/C20H20F4N4O6/c21-14-11(27-4-2-19(3-5-27)8-25-9-19)7-10-13(15(14)33-18(31)20(22,23)24)17(30)28(16(10)29)12-1-6-32-26-34-12/h7,12,25-26H,1-6,8-9H2. The average molecular weight is 488 g/mol. The van der Waals surface area contributed by atoms with Gasteiger partial charge < -0.3 is 15.0 Å². The number of hydrogen-bond donors (Lipinski definition) is 2. The van der Waals surface area contributed by atoms with Crippen molar-refractivity contribution < 1.29 is 46.4 Å². The Morgan fingerprint density at radius 2 is 1.88 bits per heavy atom. The van der Waals surface area contributed by atoms with Crippen LogP contribution in [-0.4, -0.2) is 67.9 Å². The molecule has 0 bridgehead atoms. The minimum Gasteiger partial charge on any atom is -0.416 e. The third-order valence-electron chi connectivity index (χ3n) is 6.67. The molecule has 14 heteroatoms. The molecule has 1 unspecified atom stereocenters. The number of benzene rings is 1. The summed E-state index contributed by atoms with van der Waals surface area (Å²) in [4.78, 5) is 49.7. The molecule has 184 valence electrons. The summed E-state index contributed by atoms with van der Waals surface area (Å²) >= 11 is 0. The number of ether oxygens (including phenoxy) is 1. The molecule has 4 aliphatic heterocycles. The van der Waals surface area contributed by atoms with E-state index >= 15 is 4.39 Å². The van der Waals surface area contributed by atoms with Crippen molar-refractivity contribution in [1.82, 2.24) is 15.9 Å². The Labute approximate surface area is 190 Å². The number of alkyl halides is 3. The molecule has 0 aliphatic carbocycles. The highest BCUT2D eigenvalue weighted by Crippen LogP contribution is 2.43. The maximum Gasteiger partial charge on any atom is 0.491 e. The normalized spacial score (nSPS) is 24.3. The van der Waals surface area contributed by atoms with Crippen LogP contribution in [0.3, 0.4) is 0 Å². The second-order valence-corrected chi connectivity index (χ2v) is 8.71. The van der Waals surface area contributed by atoms with Crippen LogP contribution < -0.4 is 20.6 Å². The number of anilines is 1. The zero-order valence-electron chi connectivity index (χ0n) is 17.7. The maximum atomic E-state index is 15.6. The summed E-state index contributed by atoms with van der Waals surface area (Å²) in [7, 11) is 0. The van der Waals surface area contributed by atoms with Crippen LogP contribution in [0.15, 0.2) is 6.07 Å². The predicted octanol–water partition coefficient (Wildman–Crippen LogP) is 1.26. The van der Waals surface area contributed by atoms with Gasteiger partial charge in [-0.3, -0.25) is 19.3 Å². The van der Waals surface area contributed by atoms with Crippen molar-refractivity contribution >= 4 is 23.5 Å². The molecule has 0 saturated carbocycles. The fourth-order valence-corrected chi connectivity index (χ4v) is 4.67. The van der Waals surface area contributed by atoms with Gasteiger partial charge in [-0.2, -0.15) is 13.2 Å². The number of carbonyl (C=O) groups excluding carboxylic acids is 3. The number of nitrogens with one attached hydrogen (secondary N) is 2. The van der Waals surface area contributed by atoms with Crippen molar-refractivity contribution in [1.29, 1.82) is 0 Å². The molecule has 34 heavy (non-hydrogen) atoms. The van der Waals surface area contributed by atoms with Crippen LogP contribution >= 0.6 is 0 Å². The van der Waals surface area contributed by atoms with Crippen molar-refractivity contribution in [2.24, 2.45) is 5.41 Å². The number of rotatable bonds is 3. The Kier molecular flexibility index (Phi) is 5.50. The number of amides is 2. The molecule has 2 amide bonds. The fraction of sp³-hybridized carbons (Fsp3) is 0.550. The lowest BCUT2D eigenvalue weighted by molar-refractivity contribution is -0.259. The SMILES string of the molecule is O=C1c2cc(N3CCC4(CC3)CNC4)c(F)c(OC(=O)C(F)(F)F)c2C(=O)N1C1CCONO1. The van der Waals surface area contributed by atoms with E-state index in [-0.39, 0.29) is 29.7 Å². The van der Waals surface area contributed by atoms with Gasteiger partial charge in [-0.05, 0) is 24.3 Å². The molecule has 4 aliphatic rings. The summed E-state index contributed by atoms with van der Waals surface area (Å²) in [6.07, 6.45) is -5.12. The zero-order chi connectivity index (χ0) is 24.3. The van der Waals surface area contributed by atoms with Crippen LogP contribution in [0.1, 0.15) is 40.0 Å². The smallest absolute Gasteiger partial charge is 0.416 e. The summed E-state index contributed by atoms with van der Waals surface area (Å²) in [6.45, 7) is 2.47. The molecular weight excluding hydrogens is 468 g/mol. The summed E-state index contributed by atoms with van der Waals surface area (Å²) in [6, 6.07) is 1.12. The van der Waals surface area contributed by atoms with Gasteiger partial charge in [0.2, 0.25) is 0 Å². The van der Waals surface area contributed by atoms with Crippen molar-refractivity contribution in [3.05, 3.63) is 23.0 Å². The zero-order valence-corrected chi connectivity index (χ0v) is 17.7. The maximum absolute atomic E-state index is 15.6. The van der Waals surface area contributed by atoms with E-state index < -0.39 is 47.3 Å². The minimum atomic E-state index is -5.44. The number of imide groups is 1. The van der Waals surface area contributed by atoms with E-state index in [2.05, 4.69) is 15.7 Å². The summed E-state index contributed by atoms with van der Waals surface area (Å²) in [5, 5.41) is 3.19. The van der Waals surface area contributed by atoms with Gasteiger partial charge >= 0.3 is 12.1 Å². The van der Waals surface area contributed by atoms with Gasteiger partial charge in [0.15, 0.2) is 17.8 Å². The van der Waals surface area contributed by atoms with Crippen LogP contribution in [0, 0.1) is 11.2 Å². The molecular formula is C20H20F4N4O6. The lowest BCUT2D eigenvalue weighted by Gasteiger charge is -2.49. The third kappa shape index (κ3) is 3.70. The fourth-order valence-electron chi connectivity index (χ4n) is 4.67. The molecule has 0 aromatic heterocycles. The molecule has 5 rings (SSSR count). The van der Waals surface area contributed by atoms with Gasteiger partial charge in [0.1, 0.15) is 0 Å². The first-order valence-electron chi connectivity index (χ1n) is 10.6. The summed E-state index contributed by atoms with van der Waals surface area (Å²) in [5.41, 5.74) is 0.829. The first-order chi connectivity index (χ1) is 16.1. The molecule has 2 N–H and O–H groups in total. The van der Waals surface area contributed by atoms with Gasteiger partial charge in [0.25, 0.3) is 11.8 Å². The summed E-state index contributed by atoms with van der Waals surface area (Å²) in [5.74, 6) is -7.28. The van der Waals surface area contributed by atoms with E-state index in [0.717, 1.165) is 19.2 Å². The molecule has 1 atom stereocenters. The molecule has 0 radical (unpaired) electrons. The van der Waals surface area contributed by atoms with Crippen molar-refractivity contribution in [3.8, 4) is 5.75 Å². The van der Waals surface area contributed by atoms with E-state index in [0.29, 0.717) is 30.8 Å².